The molecule has 4 nitrogen and oxygen atoms in total. The van der Waals surface area contributed by atoms with Gasteiger partial charge in [0.25, 0.3) is 0 Å². The molecular weight excluding hydrogens is 300 g/mol. The minimum atomic E-state index is -0.584. The summed E-state index contributed by atoms with van der Waals surface area (Å²) in [5.74, 6) is -0.874. The lowest BCUT2D eigenvalue weighted by atomic mass is 10.1. The number of nitrogens with one attached hydrogen (secondary N) is 1. The number of amides is 2. The first-order valence-corrected chi connectivity index (χ1v) is 8.41. The molecule has 1 atom stereocenters. The van der Waals surface area contributed by atoms with Gasteiger partial charge in [-0.05, 0) is 36.1 Å². The van der Waals surface area contributed by atoms with E-state index in [9.17, 15) is 9.59 Å². The van der Waals surface area contributed by atoms with Gasteiger partial charge in [-0.25, -0.2) is 0 Å². The second-order valence-electron chi connectivity index (χ2n) is 6.05. The van der Waals surface area contributed by atoms with Gasteiger partial charge in [-0.15, -0.1) is 0 Å². The Hall–Kier alpha value is -2.62. The van der Waals surface area contributed by atoms with Crippen LogP contribution in [0.1, 0.15) is 24.5 Å². The van der Waals surface area contributed by atoms with Gasteiger partial charge in [-0.3, -0.25) is 9.59 Å². The number of rotatable bonds is 5. The summed E-state index contributed by atoms with van der Waals surface area (Å²) in [7, 11) is 0. The summed E-state index contributed by atoms with van der Waals surface area (Å²) >= 11 is 0. The van der Waals surface area contributed by atoms with Crippen molar-refractivity contribution in [1.29, 1.82) is 0 Å². The van der Waals surface area contributed by atoms with E-state index in [1.807, 2.05) is 54.6 Å². The Morgan fingerprint density at radius 2 is 1.79 bits per heavy atom. The Kier molecular flexibility index (Phi) is 4.94. The highest BCUT2D eigenvalue weighted by Crippen LogP contribution is 2.25. The lowest BCUT2D eigenvalue weighted by Crippen LogP contribution is -2.36. The average Bonchev–Trinajstić information content (AvgIpc) is 3.02. The molecule has 0 spiro atoms. The molecular formula is C20H22N2O2. The minimum absolute atomic E-state index is 0.107. The van der Waals surface area contributed by atoms with Crippen molar-refractivity contribution in [3.63, 3.8) is 0 Å². The van der Waals surface area contributed by atoms with Crippen LogP contribution in [0.25, 0.3) is 0 Å². The smallest absolute Gasteiger partial charge is 0.239 e. The van der Waals surface area contributed by atoms with Crippen LogP contribution in [-0.2, 0) is 22.6 Å². The number of nitrogens with zero attached hydrogens (tertiary/aromatic N) is 1. The molecule has 1 aliphatic rings. The van der Waals surface area contributed by atoms with Crippen LogP contribution in [0.15, 0.2) is 54.6 Å². The van der Waals surface area contributed by atoms with Crippen LogP contribution in [0.4, 0.5) is 5.69 Å². The molecule has 2 aromatic rings. The Morgan fingerprint density at radius 3 is 2.46 bits per heavy atom. The van der Waals surface area contributed by atoms with Crippen molar-refractivity contribution >= 4 is 17.5 Å². The Labute approximate surface area is 142 Å². The van der Waals surface area contributed by atoms with Crippen LogP contribution in [0.3, 0.4) is 0 Å². The molecule has 1 aliphatic heterocycles. The molecule has 1 N–H and O–H groups in total. The molecule has 3 rings (SSSR count). The Bertz CT molecular complexity index is 710. The summed E-state index contributed by atoms with van der Waals surface area (Å²) in [6.45, 7) is 3.14. The maximum Gasteiger partial charge on any atom is 0.239 e. The van der Waals surface area contributed by atoms with Gasteiger partial charge in [0.15, 0.2) is 0 Å². The first-order chi connectivity index (χ1) is 11.7. The molecule has 0 aliphatic carbocycles. The molecule has 24 heavy (non-hydrogen) atoms. The quantitative estimate of drug-likeness (QED) is 0.861. The van der Waals surface area contributed by atoms with Crippen LogP contribution in [-0.4, -0.2) is 18.4 Å². The molecule has 0 saturated carbocycles. The van der Waals surface area contributed by atoms with Crippen molar-refractivity contribution in [3.05, 3.63) is 65.7 Å². The van der Waals surface area contributed by atoms with Gasteiger partial charge in [0.05, 0.1) is 0 Å². The first-order valence-electron chi connectivity index (χ1n) is 8.41. The van der Waals surface area contributed by atoms with Crippen molar-refractivity contribution in [1.82, 2.24) is 5.32 Å². The number of carbonyl (C=O) groups excluding carboxylic acids is 2. The predicted molar refractivity (Wildman–Crippen MR) is 94.6 cm³/mol. The molecule has 2 aromatic carbocycles. The van der Waals surface area contributed by atoms with Crippen LogP contribution in [0, 0.1) is 5.92 Å². The monoisotopic (exact) mass is 322 g/mol. The highest BCUT2D eigenvalue weighted by molar-refractivity contribution is 6.09. The van der Waals surface area contributed by atoms with Gasteiger partial charge in [-0.2, -0.15) is 0 Å². The second kappa shape index (κ2) is 7.30. The molecule has 0 radical (unpaired) electrons. The summed E-state index contributed by atoms with van der Waals surface area (Å²) in [4.78, 5) is 26.6. The lowest BCUT2D eigenvalue weighted by Gasteiger charge is -2.17. The van der Waals surface area contributed by atoms with E-state index in [1.54, 1.807) is 4.90 Å². The first kappa shape index (κ1) is 16.2. The van der Waals surface area contributed by atoms with Crippen LogP contribution < -0.4 is 10.2 Å². The fourth-order valence-corrected chi connectivity index (χ4v) is 3.00. The van der Waals surface area contributed by atoms with E-state index in [0.717, 1.165) is 17.7 Å². The van der Waals surface area contributed by atoms with E-state index in [1.165, 1.54) is 5.56 Å². The standard InChI is InChI=1S/C20H22N2O2/c1-2-15-8-10-17(11-9-15)22-13-12-18(20(22)24)19(23)21-14-16-6-4-3-5-7-16/h3-11,18H,2,12-14H2,1H3,(H,21,23)/t18-/m1/s1. The largest absolute Gasteiger partial charge is 0.351 e. The van der Waals surface area contributed by atoms with Crippen molar-refractivity contribution in [2.45, 2.75) is 26.3 Å². The third kappa shape index (κ3) is 3.48. The SMILES string of the molecule is CCc1ccc(N2CC[C@H](C(=O)NCc3ccccc3)C2=O)cc1. The molecule has 2 amide bonds. The number of carbonyl (C=O) groups is 2. The van der Waals surface area contributed by atoms with Gasteiger partial charge < -0.3 is 10.2 Å². The van der Waals surface area contributed by atoms with Gasteiger partial charge in [-0.1, -0.05) is 49.4 Å². The summed E-state index contributed by atoms with van der Waals surface area (Å²) in [6, 6.07) is 17.7. The summed E-state index contributed by atoms with van der Waals surface area (Å²) < 4.78 is 0. The van der Waals surface area contributed by atoms with Crippen molar-refractivity contribution in [2.24, 2.45) is 5.92 Å². The maximum atomic E-state index is 12.6. The third-order valence-electron chi connectivity index (χ3n) is 4.49. The summed E-state index contributed by atoms with van der Waals surface area (Å²) in [6.07, 6.45) is 1.54. The zero-order valence-electron chi connectivity index (χ0n) is 13.9. The molecule has 124 valence electrons. The normalized spacial score (nSPS) is 17.1. The van der Waals surface area contributed by atoms with E-state index >= 15 is 0 Å². The zero-order valence-corrected chi connectivity index (χ0v) is 13.9. The van der Waals surface area contributed by atoms with Crippen LogP contribution >= 0.6 is 0 Å². The number of aryl methyl sites for hydroxylation is 1. The second-order valence-corrected chi connectivity index (χ2v) is 6.05. The van der Waals surface area contributed by atoms with E-state index < -0.39 is 5.92 Å². The molecule has 1 saturated heterocycles. The Morgan fingerprint density at radius 1 is 1.08 bits per heavy atom. The molecule has 0 bridgehead atoms. The van der Waals surface area contributed by atoms with Gasteiger partial charge in [0, 0.05) is 18.8 Å². The molecule has 1 fully saturated rings. The summed E-state index contributed by atoms with van der Waals surface area (Å²) in [5.41, 5.74) is 3.14. The predicted octanol–water partition coefficient (Wildman–Crippen LogP) is 2.92. The number of anilines is 1. The fraction of sp³-hybridized carbons (Fsp3) is 0.300. The minimum Gasteiger partial charge on any atom is -0.351 e. The molecule has 0 unspecified atom stereocenters. The van der Waals surface area contributed by atoms with Crippen molar-refractivity contribution in [3.8, 4) is 0 Å². The van der Waals surface area contributed by atoms with E-state index in [0.29, 0.717) is 19.5 Å². The van der Waals surface area contributed by atoms with Gasteiger partial charge in [0.1, 0.15) is 5.92 Å². The van der Waals surface area contributed by atoms with E-state index in [4.69, 9.17) is 0 Å². The van der Waals surface area contributed by atoms with Gasteiger partial charge >= 0.3 is 0 Å². The average molecular weight is 322 g/mol. The van der Waals surface area contributed by atoms with Crippen molar-refractivity contribution < 1.29 is 9.59 Å². The fourth-order valence-electron chi connectivity index (χ4n) is 3.00. The van der Waals surface area contributed by atoms with Crippen LogP contribution in [0.5, 0.6) is 0 Å². The lowest BCUT2D eigenvalue weighted by molar-refractivity contribution is -0.132. The highest BCUT2D eigenvalue weighted by Gasteiger charge is 2.37. The molecule has 0 aromatic heterocycles. The van der Waals surface area contributed by atoms with Crippen molar-refractivity contribution in [2.75, 3.05) is 11.4 Å². The molecule has 4 heteroatoms. The topological polar surface area (TPSA) is 49.4 Å². The summed E-state index contributed by atoms with van der Waals surface area (Å²) in [5, 5.41) is 2.88. The van der Waals surface area contributed by atoms with Gasteiger partial charge in [0.2, 0.25) is 11.8 Å². The number of hydrogen-bond donors (Lipinski definition) is 1. The van der Waals surface area contributed by atoms with Crippen LogP contribution in [0.2, 0.25) is 0 Å². The number of benzene rings is 2. The third-order valence-corrected chi connectivity index (χ3v) is 4.49. The highest BCUT2D eigenvalue weighted by atomic mass is 16.2. The van der Waals surface area contributed by atoms with E-state index in [-0.39, 0.29) is 11.8 Å². The maximum absolute atomic E-state index is 12.6. The zero-order chi connectivity index (χ0) is 16.9. The Balaban J connectivity index is 1.61. The number of hydrogen-bond acceptors (Lipinski definition) is 2. The molecule has 1 heterocycles. The van der Waals surface area contributed by atoms with E-state index in [2.05, 4.69) is 12.2 Å².